The number of aromatic nitrogens is 2. The third-order valence-corrected chi connectivity index (χ3v) is 2.76. The molecule has 0 spiro atoms. The number of anilines is 3. The topological polar surface area (TPSA) is 59.1 Å². The maximum absolute atomic E-state index is 5.62. The quantitative estimate of drug-likeness (QED) is 0.759. The van der Waals surface area contributed by atoms with E-state index >= 15 is 0 Å². The molecule has 2 N–H and O–H groups in total. The van der Waals surface area contributed by atoms with E-state index in [4.69, 9.17) is 4.74 Å². The largest absolute Gasteiger partial charge is 0.491 e. The lowest BCUT2D eigenvalue weighted by Gasteiger charge is -2.11. The van der Waals surface area contributed by atoms with Gasteiger partial charge in [-0.3, -0.25) is 0 Å². The minimum Gasteiger partial charge on any atom is -0.491 e. The zero-order valence-corrected chi connectivity index (χ0v) is 13.3. The van der Waals surface area contributed by atoms with Crippen LogP contribution in [0, 0.1) is 6.92 Å². The molecule has 1 aromatic heterocycles. The van der Waals surface area contributed by atoms with Gasteiger partial charge in [-0.15, -0.1) is 6.58 Å². The lowest BCUT2D eigenvalue weighted by Crippen LogP contribution is -2.06. The van der Waals surface area contributed by atoms with Crippen molar-refractivity contribution in [3.8, 4) is 5.75 Å². The van der Waals surface area contributed by atoms with Gasteiger partial charge in [0, 0.05) is 24.0 Å². The molecular formula is C17H22N4O. The molecule has 22 heavy (non-hydrogen) atoms. The van der Waals surface area contributed by atoms with Crippen LogP contribution in [0.1, 0.15) is 19.5 Å². The highest BCUT2D eigenvalue weighted by atomic mass is 16.5. The molecule has 116 valence electrons. The number of nitrogens with zero attached hydrogens (tertiary/aromatic N) is 2. The third kappa shape index (κ3) is 4.77. The van der Waals surface area contributed by atoms with E-state index in [9.17, 15) is 0 Å². The van der Waals surface area contributed by atoms with Gasteiger partial charge in [0.1, 0.15) is 11.6 Å². The second-order valence-corrected chi connectivity index (χ2v) is 5.20. The van der Waals surface area contributed by atoms with E-state index in [2.05, 4.69) is 27.2 Å². The second kappa shape index (κ2) is 7.45. The Morgan fingerprint density at radius 2 is 1.95 bits per heavy atom. The van der Waals surface area contributed by atoms with Gasteiger partial charge in [0.25, 0.3) is 0 Å². The summed E-state index contributed by atoms with van der Waals surface area (Å²) in [6.45, 7) is 10.3. The first-order valence-electron chi connectivity index (χ1n) is 7.31. The Labute approximate surface area is 131 Å². The van der Waals surface area contributed by atoms with Crippen LogP contribution in [0.25, 0.3) is 0 Å². The van der Waals surface area contributed by atoms with Gasteiger partial charge in [0.2, 0.25) is 5.95 Å². The molecule has 2 rings (SSSR count). The van der Waals surface area contributed by atoms with E-state index in [-0.39, 0.29) is 6.10 Å². The van der Waals surface area contributed by atoms with Gasteiger partial charge in [0.05, 0.1) is 6.10 Å². The fraction of sp³-hybridized carbons (Fsp3) is 0.294. The van der Waals surface area contributed by atoms with Crippen LogP contribution in [-0.4, -0.2) is 22.6 Å². The van der Waals surface area contributed by atoms with E-state index in [1.807, 2.05) is 51.1 Å². The lowest BCUT2D eigenvalue weighted by atomic mass is 10.3. The summed E-state index contributed by atoms with van der Waals surface area (Å²) in [6, 6.07) is 9.64. The molecule has 0 aliphatic carbocycles. The van der Waals surface area contributed by atoms with Crippen LogP contribution in [0.5, 0.6) is 5.75 Å². The first kappa shape index (κ1) is 15.8. The van der Waals surface area contributed by atoms with E-state index in [1.165, 1.54) is 0 Å². The average Bonchev–Trinajstić information content (AvgIpc) is 2.46. The molecule has 0 aliphatic heterocycles. The molecule has 0 bridgehead atoms. The van der Waals surface area contributed by atoms with Crippen molar-refractivity contribution in [2.24, 2.45) is 0 Å². The van der Waals surface area contributed by atoms with Crippen molar-refractivity contribution in [3.63, 3.8) is 0 Å². The molecule has 5 heteroatoms. The van der Waals surface area contributed by atoms with Gasteiger partial charge in [-0.05, 0) is 45.0 Å². The Hall–Kier alpha value is -2.56. The summed E-state index contributed by atoms with van der Waals surface area (Å²) in [5, 5.41) is 6.36. The molecule has 0 radical (unpaired) electrons. The Morgan fingerprint density at radius 3 is 2.59 bits per heavy atom. The summed E-state index contributed by atoms with van der Waals surface area (Å²) < 4.78 is 5.62. The summed E-state index contributed by atoms with van der Waals surface area (Å²) in [5.74, 6) is 2.18. The van der Waals surface area contributed by atoms with Crippen LogP contribution < -0.4 is 15.4 Å². The molecule has 0 unspecified atom stereocenters. The highest BCUT2D eigenvalue weighted by Crippen LogP contribution is 2.20. The van der Waals surface area contributed by atoms with Gasteiger partial charge in [-0.1, -0.05) is 6.08 Å². The molecule has 0 amide bonds. The van der Waals surface area contributed by atoms with E-state index in [1.54, 1.807) is 6.08 Å². The highest BCUT2D eigenvalue weighted by Gasteiger charge is 2.03. The van der Waals surface area contributed by atoms with Gasteiger partial charge in [0.15, 0.2) is 0 Å². The standard InChI is InChI=1S/C17H22N4O/c1-5-10-18-16-11-13(4)19-17(21-16)20-14-6-8-15(9-7-14)22-12(2)3/h5-9,11-12H,1,10H2,2-4H3,(H2,18,19,20,21). The molecule has 1 aromatic carbocycles. The predicted octanol–water partition coefficient (Wildman–Crippen LogP) is 3.91. The summed E-state index contributed by atoms with van der Waals surface area (Å²) in [5.41, 5.74) is 1.81. The van der Waals surface area contributed by atoms with Crippen LogP contribution in [0.15, 0.2) is 43.0 Å². The second-order valence-electron chi connectivity index (χ2n) is 5.20. The zero-order valence-electron chi connectivity index (χ0n) is 13.3. The first-order valence-corrected chi connectivity index (χ1v) is 7.31. The SMILES string of the molecule is C=CCNc1cc(C)nc(Nc2ccc(OC(C)C)cc2)n1. The molecule has 0 saturated carbocycles. The first-order chi connectivity index (χ1) is 10.6. The van der Waals surface area contributed by atoms with Gasteiger partial charge >= 0.3 is 0 Å². The smallest absolute Gasteiger partial charge is 0.229 e. The Morgan fingerprint density at radius 1 is 1.23 bits per heavy atom. The summed E-state index contributed by atoms with van der Waals surface area (Å²) >= 11 is 0. The fourth-order valence-corrected chi connectivity index (χ4v) is 1.91. The van der Waals surface area contributed by atoms with Crippen molar-refractivity contribution in [1.82, 2.24) is 9.97 Å². The van der Waals surface area contributed by atoms with Crippen LogP contribution in [0.4, 0.5) is 17.5 Å². The monoisotopic (exact) mass is 298 g/mol. The van der Waals surface area contributed by atoms with Crippen LogP contribution in [-0.2, 0) is 0 Å². The van der Waals surface area contributed by atoms with Crippen LogP contribution >= 0.6 is 0 Å². The summed E-state index contributed by atoms with van der Waals surface area (Å²) in [4.78, 5) is 8.81. The van der Waals surface area contributed by atoms with E-state index in [0.717, 1.165) is 22.9 Å². The Bertz CT molecular complexity index is 623. The number of rotatable bonds is 7. The number of benzene rings is 1. The Kier molecular flexibility index (Phi) is 5.36. The molecule has 0 fully saturated rings. The normalized spacial score (nSPS) is 10.4. The van der Waals surface area contributed by atoms with Crippen molar-refractivity contribution in [3.05, 3.63) is 48.7 Å². The number of hydrogen-bond donors (Lipinski definition) is 2. The molecule has 0 saturated heterocycles. The van der Waals surface area contributed by atoms with Gasteiger partial charge in [-0.25, -0.2) is 4.98 Å². The number of ether oxygens (including phenoxy) is 1. The maximum atomic E-state index is 5.62. The summed E-state index contributed by atoms with van der Waals surface area (Å²) in [7, 11) is 0. The van der Waals surface area contributed by atoms with Crippen molar-refractivity contribution in [2.45, 2.75) is 26.9 Å². The Balaban J connectivity index is 2.09. The third-order valence-electron chi connectivity index (χ3n) is 2.76. The molecule has 0 aliphatic rings. The minimum atomic E-state index is 0.164. The van der Waals surface area contributed by atoms with Crippen molar-refractivity contribution in [2.75, 3.05) is 17.2 Å². The molecule has 2 aromatic rings. The lowest BCUT2D eigenvalue weighted by molar-refractivity contribution is 0.242. The minimum absolute atomic E-state index is 0.164. The fourth-order valence-electron chi connectivity index (χ4n) is 1.91. The van der Waals surface area contributed by atoms with E-state index in [0.29, 0.717) is 12.5 Å². The molecule has 0 atom stereocenters. The zero-order chi connectivity index (χ0) is 15.9. The van der Waals surface area contributed by atoms with Crippen LogP contribution in [0.3, 0.4) is 0 Å². The number of nitrogens with one attached hydrogen (secondary N) is 2. The average molecular weight is 298 g/mol. The molecular weight excluding hydrogens is 276 g/mol. The number of aryl methyl sites for hydroxylation is 1. The van der Waals surface area contributed by atoms with Crippen molar-refractivity contribution >= 4 is 17.5 Å². The van der Waals surface area contributed by atoms with Crippen LogP contribution in [0.2, 0.25) is 0 Å². The number of hydrogen-bond acceptors (Lipinski definition) is 5. The van der Waals surface area contributed by atoms with Crippen molar-refractivity contribution < 1.29 is 4.74 Å². The van der Waals surface area contributed by atoms with Gasteiger partial charge < -0.3 is 15.4 Å². The maximum Gasteiger partial charge on any atom is 0.229 e. The predicted molar refractivity (Wildman–Crippen MR) is 90.9 cm³/mol. The van der Waals surface area contributed by atoms with E-state index < -0.39 is 0 Å². The summed E-state index contributed by atoms with van der Waals surface area (Å²) in [6.07, 6.45) is 1.95. The van der Waals surface area contributed by atoms with Gasteiger partial charge in [-0.2, -0.15) is 4.98 Å². The highest BCUT2D eigenvalue weighted by molar-refractivity contribution is 5.56. The van der Waals surface area contributed by atoms with Crippen molar-refractivity contribution in [1.29, 1.82) is 0 Å². The molecule has 5 nitrogen and oxygen atoms in total. The molecule has 1 heterocycles.